The number of anilines is 6. The minimum absolute atomic E-state index is 0.110. The molecule has 0 amide bonds. The van der Waals surface area contributed by atoms with E-state index in [0.29, 0.717) is 0 Å². The fraction of sp³-hybridized carbons (Fsp3) is 0.182. The molecule has 0 unspecified atom stereocenters. The zero-order chi connectivity index (χ0) is 34.1. The molecule has 4 heteroatoms. The average molecular weight is 624 g/mol. The summed E-state index contributed by atoms with van der Waals surface area (Å²) < 4.78 is 0. The number of nitrogens with zero attached hydrogens (tertiary/aromatic N) is 2. The highest BCUT2D eigenvalue weighted by atomic mass is 15.1. The standard InChI is InChI=1S/C44H46B2N2/c1-43(2,3)33-11-23-39(24-12-33)47(41-27-15-35(45)16-28-41)37-19-7-31(8-20-37)32-9-21-38(22-10-32)48(42-29-17-36(46)18-30-42)40-25-13-34(14-26-40)44(4,5)6/h7-30H,45-46H2,1-6H3. The van der Waals surface area contributed by atoms with Crippen molar-refractivity contribution in [1.82, 2.24) is 0 Å². The molecule has 0 spiro atoms. The molecule has 6 aromatic rings. The molecular formula is C44H46B2N2. The van der Waals surface area contributed by atoms with Gasteiger partial charge in [0.25, 0.3) is 0 Å². The monoisotopic (exact) mass is 624 g/mol. The fourth-order valence-corrected chi connectivity index (χ4v) is 6.11. The van der Waals surface area contributed by atoms with E-state index in [1.165, 1.54) is 33.2 Å². The maximum absolute atomic E-state index is 2.34. The third-order valence-corrected chi connectivity index (χ3v) is 9.15. The summed E-state index contributed by atoms with van der Waals surface area (Å²) in [4.78, 5) is 4.67. The molecular weight excluding hydrogens is 578 g/mol. The average Bonchev–Trinajstić information content (AvgIpc) is 3.07. The van der Waals surface area contributed by atoms with Gasteiger partial charge in [0.15, 0.2) is 0 Å². The lowest BCUT2D eigenvalue weighted by Gasteiger charge is -2.27. The summed E-state index contributed by atoms with van der Waals surface area (Å²) in [6.45, 7) is 13.6. The predicted octanol–water partition coefficient (Wildman–Crippen LogP) is 9.41. The van der Waals surface area contributed by atoms with Gasteiger partial charge in [0, 0.05) is 34.1 Å². The molecule has 0 fully saturated rings. The molecule has 2 nitrogen and oxygen atoms in total. The van der Waals surface area contributed by atoms with Crippen LogP contribution in [0.25, 0.3) is 11.1 Å². The summed E-state index contributed by atoms with van der Waals surface area (Å²) >= 11 is 0. The topological polar surface area (TPSA) is 6.48 Å². The molecule has 0 heterocycles. The lowest BCUT2D eigenvalue weighted by Crippen LogP contribution is -2.14. The first-order valence-electron chi connectivity index (χ1n) is 17.0. The quantitative estimate of drug-likeness (QED) is 0.163. The van der Waals surface area contributed by atoms with Gasteiger partial charge in [-0.3, -0.25) is 0 Å². The van der Waals surface area contributed by atoms with Gasteiger partial charge < -0.3 is 9.80 Å². The molecule has 0 aliphatic heterocycles. The first-order chi connectivity index (χ1) is 22.9. The van der Waals surface area contributed by atoms with Crippen LogP contribution in [0.15, 0.2) is 146 Å². The Morgan fingerprint density at radius 3 is 0.750 bits per heavy atom. The maximum Gasteiger partial charge on any atom is 0.139 e. The van der Waals surface area contributed by atoms with Crippen LogP contribution in [0.2, 0.25) is 0 Å². The smallest absolute Gasteiger partial charge is 0.139 e. The van der Waals surface area contributed by atoms with Gasteiger partial charge in [-0.05, 0) is 106 Å². The number of benzene rings is 6. The highest BCUT2D eigenvalue weighted by Gasteiger charge is 2.18. The lowest BCUT2D eigenvalue weighted by molar-refractivity contribution is 0.590. The SMILES string of the molecule is Bc1ccc(N(c2ccc(-c3ccc(N(c4ccc(B)cc4)c4ccc(C(C)(C)C)cc4)cc3)cc2)c2ccc(C(C)(C)C)cc2)cc1. The van der Waals surface area contributed by atoms with Gasteiger partial charge in [-0.15, -0.1) is 0 Å². The van der Waals surface area contributed by atoms with Crippen molar-refractivity contribution < 1.29 is 0 Å². The molecule has 0 radical (unpaired) electrons. The predicted molar refractivity (Wildman–Crippen MR) is 215 cm³/mol. The summed E-state index contributed by atoms with van der Waals surface area (Å²) in [6.07, 6.45) is 0. The number of hydrogen-bond acceptors (Lipinski definition) is 2. The second kappa shape index (κ2) is 13.3. The summed E-state index contributed by atoms with van der Waals surface area (Å²) in [7, 11) is 4.27. The normalized spacial score (nSPS) is 11.7. The van der Waals surface area contributed by atoms with Crippen molar-refractivity contribution in [2.24, 2.45) is 0 Å². The zero-order valence-corrected chi connectivity index (χ0v) is 29.8. The molecule has 6 aromatic carbocycles. The van der Waals surface area contributed by atoms with E-state index in [2.05, 4.69) is 213 Å². The highest BCUT2D eigenvalue weighted by molar-refractivity contribution is 6.32. The molecule has 0 N–H and O–H groups in total. The first-order valence-corrected chi connectivity index (χ1v) is 17.0. The van der Waals surface area contributed by atoms with Crippen molar-refractivity contribution >= 4 is 60.7 Å². The molecule has 48 heavy (non-hydrogen) atoms. The number of hydrogen-bond donors (Lipinski definition) is 0. The van der Waals surface area contributed by atoms with Crippen LogP contribution in [0.3, 0.4) is 0 Å². The molecule has 0 aromatic heterocycles. The summed E-state index contributed by atoms with van der Waals surface area (Å²) in [5.41, 5.74) is 14.6. The Bertz CT molecular complexity index is 1800. The van der Waals surface area contributed by atoms with Crippen LogP contribution in [0, 0.1) is 0 Å². The van der Waals surface area contributed by atoms with E-state index in [1.54, 1.807) is 0 Å². The van der Waals surface area contributed by atoms with Gasteiger partial charge in [-0.1, -0.05) is 125 Å². The van der Waals surface area contributed by atoms with E-state index < -0.39 is 0 Å². The molecule has 238 valence electrons. The second-order valence-corrected chi connectivity index (χ2v) is 15.0. The molecule has 0 aliphatic carbocycles. The van der Waals surface area contributed by atoms with Crippen molar-refractivity contribution in [3.05, 3.63) is 157 Å². The van der Waals surface area contributed by atoms with E-state index >= 15 is 0 Å². The zero-order valence-electron chi connectivity index (χ0n) is 29.8. The van der Waals surface area contributed by atoms with Crippen LogP contribution in [0.1, 0.15) is 52.7 Å². The van der Waals surface area contributed by atoms with Gasteiger partial charge in [0.1, 0.15) is 15.7 Å². The molecule has 0 saturated carbocycles. The Balaban J connectivity index is 1.31. The number of rotatable bonds is 7. The van der Waals surface area contributed by atoms with Gasteiger partial charge >= 0.3 is 0 Å². The van der Waals surface area contributed by atoms with Crippen LogP contribution in [0.4, 0.5) is 34.1 Å². The Labute approximate surface area is 289 Å². The van der Waals surface area contributed by atoms with Crippen LogP contribution < -0.4 is 20.7 Å². The van der Waals surface area contributed by atoms with E-state index in [9.17, 15) is 0 Å². The third-order valence-electron chi connectivity index (χ3n) is 9.15. The molecule has 0 aliphatic rings. The fourth-order valence-electron chi connectivity index (χ4n) is 6.11. The first kappa shape index (κ1) is 33.0. The van der Waals surface area contributed by atoms with Crippen molar-refractivity contribution in [2.75, 3.05) is 9.80 Å². The Morgan fingerprint density at radius 1 is 0.312 bits per heavy atom. The maximum atomic E-state index is 2.34. The van der Waals surface area contributed by atoms with Crippen molar-refractivity contribution in [3.63, 3.8) is 0 Å². The Kier molecular flexibility index (Phi) is 9.12. The lowest BCUT2D eigenvalue weighted by atomic mass is 9.87. The van der Waals surface area contributed by atoms with E-state index in [-0.39, 0.29) is 10.8 Å². The van der Waals surface area contributed by atoms with Gasteiger partial charge in [0.05, 0.1) is 0 Å². The van der Waals surface area contributed by atoms with Gasteiger partial charge in [0.2, 0.25) is 0 Å². The van der Waals surface area contributed by atoms with Crippen LogP contribution >= 0.6 is 0 Å². The van der Waals surface area contributed by atoms with Crippen molar-refractivity contribution in [2.45, 2.75) is 52.4 Å². The Hall–Kier alpha value is -4.95. The summed E-state index contributed by atoms with van der Waals surface area (Å²) in [6, 6.07) is 53.4. The molecule has 0 saturated heterocycles. The Morgan fingerprint density at radius 2 is 0.521 bits per heavy atom. The second-order valence-electron chi connectivity index (χ2n) is 15.0. The van der Waals surface area contributed by atoms with Crippen LogP contribution in [-0.2, 0) is 10.8 Å². The molecule has 0 atom stereocenters. The third kappa shape index (κ3) is 7.29. The highest BCUT2D eigenvalue weighted by Crippen LogP contribution is 2.39. The van der Waals surface area contributed by atoms with Crippen molar-refractivity contribution in [1.29, 1.82) is 0 Å². The van der Waals surface area contributed by atoms with E-state index in [0.717, 1.165) is 34.1 Å². The summed E-state index contributed by atoms with van der Waals surface area (Å²) in [5.74, 6) is 0. The van der Waals surface area contributed by atoms with Crippen LogP contribution in [-0.4, -0.2) is 15.7 Å². The van der Waals surface area contributed by atoms with Crippen LogP contribution in [0.5, 0.6) is 0 Å². The summed E-state index contributed by atoms with van der Waals surface area (Å²) in [5, 5.41) is 0. The van der Waals surface area contributed by atoms with E-state index in [1.807, 2.05) is 0 Å². The largest absolute Gasteiger partial charge is 0.311 e. The minimum atomic E-state index is 0.110. The molecule has 0 bridgehead atoms. The van der Waals surface area contributed by atoms with E-state index in [4.69, 9.17) is 0 Å². The van der Waals surface area contributed by atoms with Crippen molar-refractivity contribution in [3.8, 4) is 11.1 Å². The van der Waals surface area contributed by atoms with Gasteiger partial charge in [-0.2, -0.15) is 0 Å². The molecule has 6 rings (SSSR count). The minimum Gasteiger partial charge on any atom is -0.311 e. The van der Waals surface area contributed by atoms with Gasteiger partial charge in [-0.25, -0.2) is 0 Å².